The number of hydroxylamine groups is 6. The molecule has 1 rings (SSSR count). The molecule has 1 heterocycles. The molecule has 11 N–H and O–H groups in total. The van der Waals surface area contributed by atoms with E-state index in [1.807, 2.05) is 13.8 Å². The average molecular weight is 817 g/mol. The Morgan fingerprint density at radius 2 is 1.50 bits per heavy atom. The van der Waals surface area contributed by atoms with Crippen LogP contribution >= 0.6 is 0 Å². The number of nitrogens with one attached hydrogen (secondary N) is 3. The first kappa shape index (κ1) is 51.0. The molecule has 1 saturated heterocycles. The van der Waals surface area contributed by atoms with Gasteiger partial charge in [0.05, 0.1) is 6.61 Å². The largest absolute Gasteiger partial charge is 0.464 e. The molecule has 4 unspecified atom stereocenters. The normalized spacial score (nSPS) is 19.6. The molecule has 1 aliphatic rings. The first-order valence-electron chi connectivity index (χ1n) is 17.8. The van der Waals surface area contributed by atoms with Crippen LogP contribution in [0.5, 0.6) is 0 Å². The van der Waals surface area contributed by atoms with Crippen molar-refractivity contribution in [1.82, 2.24) is 31.1 Å². The van der Waals surface area contributed by atoms with Crippen LogP contribution < -0.4 is 16.0 Å². The number of hydrogen-bond donors (Lipinski definition) is 11. The fourth-order valence-electron chi connectivity index (χ4n) is 5.14. The molecule has 3 amide bonds. The Bertz CT molecular complexity index is 1200. The van der Waals surface area contributed by atoms with Crippen LogP contribution in [0.3, 0.4) is 0 Å². The molecule has 0 aromatic rings. The summed E-state index contributed by atoms with van der Waals surface area (Å²) >= 11 is 0. The zero-order valence-corrected chi connectivity index (χ0v) is 32.2. The van der Waals surface area contributed by atoms with Crippen molar-refractivity contribution < 1.29 is 82.1 Å². The third-order valence-corrected chi connectivity index (χ3v) is 8.27. The third-order valence-electron chi connectivity index (χ3n) is 8.27. The Morgan fingerprint density at radius 3 is 2.09 bits per heavy atom. The smallest absolute Gasteiger partial charge is 0.328 e. The number of aliphatic hydroxyl groups is 5. The number of ether oxygens (including phenoxy) is 1. The standard InChI is InChI=1S/C34H60N6O13.Fe/c1-23(13-18-41)21-30(45)39(51)16-7-10-27-33(48)36-26(32(47)37-27)9-6-15-38(50)29(44)12-4-5-20-53-34(49)28(35-25(3)43)11-8-17-40(52)31(46)22-24(2)14-19-42;/h4,6-7,10,12,15,23-24,26-31,41-42,44-46,50-52H,5,8-9,11,13-14,16-22H2,1-3H3,(H,35,43)(H,36,48)(H,37,47);/b10-7+,12-4+,15-6-;/t23?,24-,26-,27-,28+,29?,30?,31?;/m0./s1. The summed E-state index contributed by atoms with van der Waals surface area (Å²) in [5, 5.41) is 87.9. The zero-order chi connectivity index (χ0) is 39.9. The van der Waals surface area contributed by atoms with Crippen molar-refractivity contribution in [1.29, 1.82) is 0 Å². The Hall–Kier alpha value is -2.98. The molecule has 0 aromatic heterocycles. The second-order valence-electron chi connectivity index (χ2n) is 13.1. The molecule has 0 spiro atoms. The number of nitrogens with zero attached hydrogens (tertiary/aromatic N) is 3. The molecule has 19 nitrogen and oxygen atoms in total. The first-order chi connectivity index (χ1) is 25.1. The summed E-state index contributed by atoms with van der Waals surface area (Å²) < 4.78 is 5.22. The van der Waals surface area contributed by atoms with E-state index in [2.05, 4.69) is 16.0 Å². The van der Waals surface area contributed by atoms with Crippen LogP contribution in [0.1, 0.15) is 72.1 Å². The van der Waals surface area contributed by atoms with Gasteiger partial charge in [0.15, 0.2) is 6.23 Å². The van der Waals surface area contributed by atoms with Crippen molar-refractivity contribution in [2.24, 2.45) is 11.8 Å². The van der Waals surface area contributed by atoms with Gasteiger partial charge in [0.1, 0.15) is 30.6 Å². The molecule has 8 atom stereocenters. The summed E-state index contributed by atoms with van der Waals surface area (Å²) in [5.74, 6) is -2.22. The van der Waals surface area contributed by atoms with Gasteiger partial charge in [-0.1, -0.05) is 38.2 Å². The molecule has 1 fully saturated rings. The summed E-state index contributed by atoms with van der Waals surface area (Å²) in [6, 6.07) is -2.95. The van der Waals surface area contributed by atoms with E-state index in [1.54, 1.807) is 0 Å². The number of hydrogen-bond acceptors (Lipinski definition) is 16. The van der Waals surface area contributed by atoms with Gasteiger partial charge in [-0.25, -0.2) is 9.86 Å². The Balaban J connectivity index is 0.0000281. The Morgan fingerprint density at radius 1 is 0.889 bits per heavy atom. The third kappa shape index (κ3) is 21.2. The second-order valence-corrected chi connectivity index (χ2v) is 13.1. The van der Waals surface area contributed by atoms with Crippen LogP contribution in [-0.4, -0.2) is 150 Å². The molecule has 312 valence electrons. The summed E-state index contributed by atoms with van der Waals surface area (Å²) in [4.78, 5) is 49.2. The van der Waals surface area contributed by atoms with Crippen molar-refractivity contribution in [3.05, 3.63) is 36.6 Å². The summed E-state index contributed by atoms with van der Waals surface area (Å²) in [6.45, 7) is 4.64. The van der Waals surface area contributed by atoms with Crippen molar-refractivity contribution >= 4 is 23.7 Å². The van der Waals surface area contributed by atoms with E-state index in [-0.39, 0.29) is 100 Å². The summed E-state index contributed by atoms with van der Waals surface area (Å²) in [5.41, 5.74) is 0. The van der Waals surface area contributed by atoms with E-state index in [4.69, 9.17) is 14.9 Å². The topological polar surface area (TPSA) is 285 Å². The molecule has 0 aromatic carbocycles. The van der Waals surface area contributed by atoms with Gasteiger partial charge in [-0.2, -0.15) is 10.1 Å². The van der Waals surface area contributed by atoms with E-state index in [1.165, 1.54) is 37.3 Å². The van der Waals surface area contributed by atoms with Crippen LogP contribution in [0, 0.1) is 11.8 Å². The number of carbonyl (C=O) groups excluding carboxylic acids is 4. The number of carbonyl (C=O) groups is 4. The average Bonchev–Trinajstić information content (AvgIpc) is 3.08. The molecule has 20 heteroatoms. The van der Waals surface area contributed by atoms with Gasteiger partial charge in [-0.05, 0) is 69.3 Å². The molecular formula is C34H60FeN6O13. The Kier molecular flexibility index (Phi) is 26.9. The second kappa shape index (κ2) is 28.4. The predicted octanol–water partition coefficient (Wildman–Crippen LogP) is -0.952. The molecule has 1 aliphatic heterocycles. The van der Waals surface area contributed by atoms with Gasteiger partial charge < -0.3 is 56.6 Å². The SMILES string of the molecule is CC(=O)N[C@H](CCCN(O)C(O)C[C@@H](C)CCO)C(=O)OCC/C=C/C(O)N(O)/C=C\C[C@@H]1NC(=O)[C@H](/C=C/CN(O)C(O)CC(C)CCO)NC1=O.[Fe]. The van der Waals surface area contributed by atoms with Crippen molar-refractivity contribution in [3.8, 4) is 0 Å². The molecule has 54 heavy (non-hydrogen) atoms. The minimum absolute atomic E-state index is 0. The summed E-state index contributed by atoms with van der Waals surface area (Å²) in [7, 11) is 0. The molecule has 0 saturated carbocycles. The zero-order valence-electron chi connectivity index (χ0n) is 31.1. The van der Waals surface area contributed by atoms with E-state index >= 15 is 0 Å². The molecular weight excluding hydrogens is 756 g/mol. The van der Waals surface area contributed by atoms with E-state index in [0.717, 1.165) is 11.3 Å². The minimum Gasteiger partial charge on any atom is -0.464 e. The molecule has 0 aliphatic carbocycles. The fourth-order valence-corrected chi connectivity index (χ4v) is 5.14. The van der Waals surface area contributed by atoms with Gasteiger partial charge in [0.2, 0.25) is 17.7 Å². The van der Waals surface area contributed by atoms with Gasteiger partial charge in [-0.15, -0.1) is 0 Å². The number of amides is 3. The van der Waals surface area contributed by atoms with Crippen LogP contribution in [0.15, 0.2) is 36.6 Å². The number of esters is 1. The van der Waals surface area contributed by atoms with Crippen LogP contribution in [0.4, 0.5) is 0 Å². The van der Waals surface area contributed by atoms with E-state index in [0.29, 0.717) is 23.0 Å². The maximum atomic E-state index is 12.6. The quantitative estimate of drug-likeness (QED) is 0.0119. The maximum absolute atomic E-state index is 12.6. The number of piperazine rings is 1. The Labute approximate surface area is 326 Å². The van der Waals surface area contributed by atoms with Gasteiger partial charge in [0, 0.05) is 56.5 Å². The molecule has 0 radical (unpaired) electrons. The van der Waals surface area contributed by atoms with Crippen molar-refractivity contribution in [3.63, 3.8) is 0 Å². The fraction of sp³-hybridized carbons (Fsp3) is 0.706. The predicted molar refractivity (Wildman–Crippen MR) is 188 cm³/mol. The van der Waals surface area contributed by atoms with Crippen molar-refractivity contribution in [2.75, 3.05) is 32.9 Å². The van der Waals surface area contributed by atoms with Gasteiger partial charge in [-0.3, -0.25) is 19.6 Å². The van der Waals surface area contributed by atoms with Crippen molar-refractivity contribution in [2.45, 2.75) is 109 Å². The van der Waals surface area contributed by atoms with Crippen LogP contribution in [-0.2, 0) is 41.0 Å². The maximum Gasteiger partial charge on any atom is 0.328 e. The van der Waals surface area contributed by atoms with E-state index < -0.39 is 60.5 Å². The number of aliphatic hydroxyl groups excluding tert-OH is 5. The summed E-state index contributed by atoms with van der Waals surface area (Å²) in [6.07, 6.45) is 6.04. The van der Waals surface area contributed by atoms with Gasteiger partial charge >= 0.3 is 5.97 Å². The number of rotatable bonds is 27. The monoisotopic (exact) mass is 816 g/mol. The van der Waals surface area contributed by atoms with Crippen LogP contribution in [0.25, 0.3) is 0 Å². The minimum atomic E-state index is -1.50. The first-order valence-corrected chi connectivity index (χ1v) is 17.8. The van der Waals surface area contributed by atoms with Gasteiger partial charge in [0.25, 0.3) is 0 Å². The van der Waals surface area contributed by atoms with E-state index in [9.17, 15) is 50.1 Å². The molecule has 0 bridgehead atoms. The van der Waals surface area contributed by atoms with Crippen LogP contribution in [0.2, 0.25) is 0 Å².